The first-order valence-electron chi connectivity index (χ1n) is 7.49. The van der Waals surface area contributed by atoms with Crippen molar-refractivity contribution in [1.82, 2.24) is 10.2 Å². The Kier molecular flexibility index (Phi) is 7.20. The third kappa shape index (κ3) is 6.17. The normalized spacial score (nSPS) is 22.7. The lowest BCUT2D eigenvalue weighted by Gasteiger charge is -2.28. The first-order chi connectivity index (χ1) is 8.55. The summed E-state index contributed by atoms with van der Waals surface area (Å²) in [6.45, 7) is 12.7. The van der Waals surface area contributed by atoms with Gasteiger partial charge in [0.2, 0.25) is 0 Å². The zero-order valence-electron chi connectivity index (χ0n) is 12.8. The van der Waals surface area contributed by atoms with Gasteiger partial charge in [0.1, 0.15) is 0 Å². The zero-order chi connectivity index (χ0) is 13.4. The van der Waals surface area contributed by atoms with Crippen molar-refractivity contribution in [2.24, 2.45) is 5.41 Å². The molecule has 0 aromatic carbocycles. The third-order valence-electron chi connectivity index (χ3n) is 4.14. The molecule has 1 heterocycles. The number of hydrogen-bond donors (Lipinski definition) is 1. The number of hydrogen-bond acceptors (Lipinski definition) is 3. The first-order valence-corrected chi connectivity index (χ1v) is 7.49. The molecule has 0 saturated carbocycles. The SMILES string of the molecule is COCCCNCC(C)N1CCCC(C)(C)CC1. The van der Waals surface area contributed by atoms with E-state index < -0.39 is 0 Å². The predicted molar refractivity (Wildman–Crippen MR) is 78.0 cm³/mol. The fraction of sp³-hybridized carbons (Fsp3) is 1.00. The van der Waals surface area contributed by atoms with Crippen LogP contribution in [0.5, 0.6) is 0 Å². The van der Waals surface area contributed by atoms with Gasteiger partial charge < -0.3 is 10.1 Å². The second-order valence-corrected chi connectivity index (χ2v) is 6.45. The molecule has 1 atom stereocenters. The maximum Gasteiger partial charge on any atom is 0.0474 e. The molecule has 0 bridgehead atoms. The monoisotopic (exact) mass is 256 g/mol. The van der Waals surface area contributed by atoms with Gasteiger partial charge in [0.15, 0.2) is 0 Å². The standard InChI is InChI=1S/C15H32N2O/c1-14(13-16-9-6-12-18-4)17-10-5-7-15(2,3)8-11-17/h14,16H,5-13H2,1-4H3. The maximum absolute atomic E-state index is 5.05. The van der Waals surface area contributed by atoms with Crippen LogP contribution in [0.4, 0.5) is 0 Å². The van der Waals surface area contributed by atoms with Crippen LogP contribution in [-0.2, 0) is 4.74 Å². The van der Waals surface area contributed by atoms with Gasteiger partial charge >= 0.3 is 0 Å². The fourth-order valence-corrected chi connectivity index (χ4v) is 2.67. The van der Waals surface area contributed by atoms with E-state index in [1.54, 1.807) is 7.11 Å². The van der Waals surface area contributed by atoms with Crippen LogP contribution in [-0.4, -0.2) is 50.8 Å². The van der Waals surface area contributed by atoms with Crippen LogP contribution in [0.1, 0.15) is 46.5 Å². The molecular weight excluding hydrogens is 224 g/mol. The number of likely N-dealkylation sites (tertiary alicyclic amines) is 1. The number of nitrogens with zero attached hydrogens (tertiary/aromatic N) is 1. The average Bonchev–Trinajstić information content (AvgIpc) is 2.50. The van der Waals surface area contributed by atoms with E-state index in [0.717, 1.165) is 26.1 Å². The molecule has 1 fully saturated rings. The molecule has 0 amide bonds. The molecule has 0 radical (unpaired) electrons. The van der Waals surface area contributed by atoms with E-state index in [2.05, 4.69) is 31.0 Å². The lowest BCUT2D eigenvalue weighted by Crippen LogP contribution is -2.41. The Balaban J connectivity index is 2.18. The third-order valence-corrected chi connectivity index (χ3v) is 4.14. The lowest BCUT2D eigenvalue weighted by atomic mass is 9.85. The van der Waals surface area contributed by atoms with Gasteiger partial charge in [-0.25, -0.2) is 0 Å². The maximum atomic E-state index is 5.05. The highest BCUT2D eigenvalue weighted by molar-refractivity contribution is 4.79. The molecule has 18 heavy (non-hydrogen) atoms. The Labute approximate surface area is 113 Å². The van der Waals surface area contributed by atoms with Crippen molar-refractivity contribution in [3.05, 3.63) is 0 Å². The second-order valence-electron chi connectivity index (χ2n) is 6.45. The summed E-state index contributed by atoms with van der Waals surface area (Å²) >= 11 is 0. The molecule has 3 heteroatoms. The van der Waals surface area contributed by atoms with E-state index in [0.29, 0.717) is 11.5 Å². The number of nitrogens with one attached hydrogen (secondary N) is 1. The van der Waals surface area contributed by atoms with Gasteiger partial charge in [-0.05, 0) is 57.7 Å². The number of rotatable bonds is 7. The Hall–Kier alpha value is -0.120. The zero-order valence-corrected chi connectivity index (χ0v) is 12.8. The summed E-state index contributed by atoms with van der Waals surface area (Å²) in [6.07, 6.45) is 5.16. The molecule has 0 aromatic rings. The van der Waals surface area contributed by atoms with Crippen molar-refractivity contribution in [2.75, 3.05) is 39.9 Å². The van der Waals surface area contributed by atoms with Gasteiger partial charge in [0.25, 0.3) is 0 Å². The van der Waals surface area contributed by atoms with Gasteiger partial charge in [0, 0.05) is 26.3 Å². The highest BCUT2D eigenvalue weighted by Crippen LogP contribution is 2.30. The molecule has 1 saturated heterocycles. The van der Waals surface area contributed by atoms with E-state index in [4.69, 9.17) is 4.74 Å². The van der Waals surface area contributed by atoms with Crippen molar-refractivity contribution in [2.45, 2.75) is 52.5 Å². The van der Waals surface area contributed by atoms with Crippen LogP contribution in [0.3, 0.4) is 0 Å². The number of ether oxygens (including phenoxy) is 1. The van der Waals surface area contributed by atoms with E-state index in [9.17, 15) is 0 Å². The molecule has 1 rings (SSSR count). The van der Waals surface area contributed by atoms with E-state index in [1.165, 1.54) is 32.4 Å². The lowest BCUT2D eigenvalue weighted by molar-refractivity contribution is 0.186. The fourth-order valence-electron chi connectivity index (χ4n) is 2.67. The van der Waals surface area contributed by atoms with Crippen molar-refractivity contribution in [3.8, 4) is 0 Å². The molecule has 1 aliphatic rings. The summed E-state index contributed by atoms with van der Waals surface area (Å²) < 4.78 is 5.05. The van der Waals surface area contributed by atoms with Gasteiger partial charge in [-0.1, -0.05) is 13.8 Å². The van der Waals surface area contributed by atoms with Crippen LogP contribution in [0.2, 0.25) is 0 Å². The Morgan fingerprint density at radius 2 is 2.06 bits per heavy atom. The van der Waals surface area contributed by atoms with E-state index >= 15 is 0 Å². The quantitative estimate of drug-likeness (QED) is 0.708. The number of methoxy groups -OCH3 is 1. The summed E-state index contributed by atoms with van der Waals surface area (Å²) in [5.74, 6) is 0. The van der Waals surface area contributed by atoms with Gasteiger partial charge in [0.05, 0.1) is 0 Å². The first kappa shape index (κ1) is 15.9. The molecule has 108 valence electrons. The largest absolute Gasteiger partial charge is 0.385 e. The summed E-state index contributed by atoms with van der Waals surface area (Å²) in [6, 6.07) is 0.654. The van der Waals surface area contributed by atoms with Crippen molar-refractivity contribution < 1.29 is 4.74 Å². The summed E-state index contributed by atoms with van der Waals surface area (Å²) in [5, 5.41) is 3.54. The summed E-state index contributed by atoms with van der Waals surface area (Å²) in [7, 11) is 1.77. The molecule has 1 aliphatic heterocycles. The van der Waals surface area contributed by atoms with E-state index in [1.807, 2.05) is 0 Å². The Bertz CT molecular complexity index is 219. The van der Waals surface area contributed by atoms with Crippen LogP contribution >= 0.6 is 0 Å². The van der Waals surface area contributed by atoms with Crippen LogP contribution in [0, 0.1) is 5.41 Å². The highest BCUT2D eigenvalue weighted by Gasteiger charge is 2.24. The van der Waals surface area contributed by atoms with Crippen LogP contribution in [0.25, 0.3) is 0 Å². The minimum Gasteiger partial charge on any atom is -0.385 e. The van der Waals surface area contributed by atoms with Crippen LogP contribution < -0.4 is 5.32 Å². The molecule has 0 aliphatic carbocycles. The molecular formula is C15H32N2O. The minimum atomic E-state index is 0.542. The molecule has 0 aromatic heterocycles. The average molecular weight is 256 g/mol. The molecule has 1 N–H and O–H groups in total. The topological polar surface area (TPSA) is 24.5 Å². The molecule has 1 unspecified atom stereocenters. The van der Waals surface area contributed by atoms with Crippen LogP contribution in [0.15, 0.2) is 0 Å². The van der Waals surface area contributed by atoms with Crippen molar-refractivity contribution >= 4 is 0 Å². The van der Waals surface area contributed by atoms with Gasteiger partial charge in [-0.3, -0.25) is 4.90 Å². The smallest absolute Gasteiger partial charge is 0.0474 e. The Morgan fingerprint density at radius 3 is 2.78 bits per heavy atom. The second kappa shape index (κ2) is 8.13. The molecule has 3 nitrogen and oxygen atoms in total. The predicted octanol–water partition coefficient (Wildman–Crippen LogP) is 2.51. The van der Waals surface area contributed by atoms with Crippen molar-refractivity contribution in [1.29, 1.82) is 0 Å². The highest BCUT2D eigenvalue weighted by atomic mass is 16.5. The van der Waals surface area contributed by atoms with Gasteiger partial charge in [-0.2, -0.15) is 0 Å². The summed E-state index contributed by atoms with van der Waals surface area (Å²) in [5.41, 5.74) is 0.542. The molecule has 0 spiro atoms. The summed E-state index contributed by atoms with van der Waals surface area (Å²) in [4.78, 5) is 2.65. The van der Waals surface area contributed by atoms with E-state index in [-0.39, 0.29) is 0 Å². The van der Waals surface area contributed by atoms with Gasteiger partial charge in [-0.15, -0.1) is 0 Å². The minimum absolute atomic E-state index is 0.542. The Morgan fingerprint density at radius 1 is 1.28 bits per heavy atom. The van der Waals surface area contributed by atoms with Crippen molar-refractivity contribution in [3.63, 3.8) is 0 Å².